The van der Waals surface area contributed by atoms with E-state index in [0.717, 1.165) is 18.2 Å². The van der Waals surface area contributed by atoms with Crippen molar-refractivity contribution in [3.63, 3.8) is 0 Å². The predicted octanol–water partition coefficient (Wildman–Crippen LogP) is 0.566. The highest BCUT2D eigenvalue weighted by Crippen LogP contribution is 2.27. The van der Waals surface area contributed by atoms with Crippen LogP contribution in [0.15, 0.2) is 29.4 Å². The average Bonchev–Trinajstić information content (AvgIpc) is 2.82. The lowest BCUT2D eigenvalue weighted by atomic mass is 10.3. The summed E-state index contributed by atoms with van der Waals surface area (Å²) >= 11 is 0. The molecule has 2 aromatic rings. The maximum Gasteiger partial charge on any atom is 0.271 e. The van der Waals surface area contributed by atoms with E-state index >= 15 is 0 Å². The zero-order valence-corrected chi connectivity index (χ0v) is 12.0. The third-order valence-corrected chi connectivity index (χ3v) is 4.06. The number of anilines is 2. The molecular weight excluding hydrogens is 300 g/mol. The fourth-order valence-corrected chi connectivity index (χ4v) is 2.86. The van der Waals surface area contributed by atoms with Crippen molar-refractivity contribution in [2.45, 2.75) is 4.90 Å². The zero-order chi connectivity index (χ0) is 15.6. The van der Waals surface area contributed by atoms with E-state index in [2.05, 4.69) is 20.1 Å². The van der Waals surface area contributed by atoms with Crippen LogP contribution in [-0.2, 0) is 17.1 Å². The van der Waals surface area contributed by atoms with Crippen molar-refractivity contribution in [3.05, 3.63) is 34.6 Å². The summed E-state index contributed by atoms with van der Waals surface area (Å²) in [4.78, 5) is 13.8. The van der Waals surface area contributed by atoms with Crippen LogP contribution in [0.2, 0.25) is 0 Å². The highest BCUT2D eigenvalue weighted by atomic mass is 32.2. The number of benzene rings is 1. The molecule has 1 heterocycles. The number of hydrogen-bond donors (Lipinski definition) is 2. The lowest BCUT2D eigenvalue weighted by Gasteiger charge is -2.11. The number of nitro benzene ring substituents is 1. The second-order valence-electron chi connectivity index (χ2n) is 4.00. The van der Waals surface area contributed by atoms with Crippen molar-refractivity contribution < 1.29 is 13.3 Å². The van der Waals surface area contributed by atoms with Crippen molar-refractivity contribution in [1.29, 1.82) is 0 Å². The molecule has 1 aromatic heterocycles. The van der Waals surface area contributed by atoms with Gasteiger partial charge in [-0.15, -0.1) is 0 Å². The molecule has 0 saturated carbocycles. The Bertz CT molecular complexity index is 785. The SMILES string of the molecule is CNc1cc([N+](=O)[O-])ccc1S(=O)(=O)Nc1ncnn1C. The molecule has 11 heteroatoms. The van der Waals surface area contributed by atoms with E-state index in [1.807, 2.05) is 0 Å². The van der Waals surface area contributed by atoms with Crippen LogP contribution < -0.4 is 10.0 Å². The van der Waals surface area contributed by atoms with Crippen LogP contribution in [0.1, 0.15) is 0 Å². The van der Waals surface area contributed by atoms with E-state index in [9.17, 15) is 18.5 Å². The Labute approximate surface area is 120 Å². The molecule has 0 aliphatic rings. The van der Waals surface area contributed by atoms with Crippen LogP contribution in [0.4, 0.5) is 17.3 Å². The number of rotatable bonds is 5. The molecule has 0 atom stereocenters. The molecule has 0 spiro atoms. The summed E-state index contributed by atoms with van der Waals surface area (Å²) in [6, 6.07) is 3.42. The average molecular weight is 312 g/mol. The maximum absolute atomic E-state index is 12.3. The molecule has 0 aliphatic carbocycles. The zero-order valence-electron chi connectivity index (χ0n) is 11.1. The van der Waals surface area contributed by atoms with Crippen LogP contribution >= 0.6 is 0 Å². The molecule has 0 saturated heterocycles. The van der Waals surface area contributed by atoms with Crippen LogP contribution in [0.25, 0.3) is 0 Å². The van der Waals surface area contributed by atoms with Gasteiger partial charge in [-0.25, -0.2) is 17.8 Å². The maximum atomic E-state index is 12.3. The molecule has 0 fully saturated rings. The molecule has 1 aromatic carbocycles. The lowest BCUT2D eigenvalue weighted by Crippen LogP contribution is -2.17. The summed E-state index contributed by atoms with van der Waals surface area (Å²) in [5.41, 5.74) is -0.101. The van der Waals surface area contributed by atoms with Crippen molar-refractivity contribution in [2.75, 3.05) is 17.1 Å². The van der Waals surface area contributed by atoms with Gasteiger partial charge in [0.25, 0.3) is 15.7 Å². The van der Waals surface area contributed by atoms with Gasteiger partial charge in [0, 0.05) is 26.2 Å². The molecule has 112 valence electrons. The van der Waals surface area contributed by atoms with Crippen molar-refractivity contribution in [1.82, 2.24) is 14.8 Å². The molecule has 0 bridgehead atoms. The van der Waals surface area contributed by atoms with Gasteiger partial charge >= 0.3 is 0 Å². The number of hydrogen-bond acceptors (Lipinski definition) is 7. The number of non-ortho nitro benzene ring substituents is 1. The van der Waals surface area contributed by atoms with Gasteiger partial charge in [-0.05, 0) is 6.07 Å². The molecule has 0 amide bonds. The van der Waals surface area contributed by atoms with Gasteiger partial charge in [0.1, 0.15) is 11.2 Å². The summed E-state index contributed by atoms with van der Waals surface area (Å²) in [5.74, 6) is 0.0374. The Morgan fingerprint density at radius 3 is 2.62 bits per heavy atom. The van der Waals surface area contributed by atoms with Gasteiger partial charge < -0.3 is 5.32 Å². The van der Waals surface area contributed by atoms with Crippen molar-refractivity contribution in [2.24, 2.45) is 7.05 Å². The molecule has 21 heavy (non-hydrogen) atoms. The van der Waals surface area contributed by atoms with Gasteiger partial charge in [-0.3, -0.25) is 10.1 Å². The van der Waals surface area contributed by atoms with Gasteiger partial charge in [0.05, 0.1) is 10.6 Å². The van der Waals surface area contributed by atoms with Gasteiger partial charge in [-0.2, -0.15) is 10.1 Å². The van der Waals surface area contributed by atoms with Crippen LogP contribution in [-0.4, -0.2) is 35.2 Å². The molecule has 0 radical (unpaired) electrons. The fourth-order valence-electron chi connectivity index (χ4n) is 1.63. The minimum atomic E-state index is -3.95. The molecule has 2 N–H and O–H groups in total. The second-order valence-corrected chi connectivity index (χ2v) is 5.65. The first kappa shape index (κ1) is 14.7. The third-order valence-electron chi connectivity index (χ3n) is 2.67. The monoisotopic (exact) mass is 312 g/mol. The minimum absolute atomic E-state index is 0.0374. The van der Waals surface area contributed by atoms with Gasteiger partial charge in [-0.1, -0.05) is 0 Å². The number of nitrogens with one attached hydrogen (secondary N) is 2. The van der Waals surface area contributed by atoms with Gasteiger partial charge in [0.15, 0.2) is 0 Å². The number of sulfonamides is 1. The summed E-state index contributed by atoms with van der Waals surface area (Å²) < 4.78 is 28.1. The molecular formula is C10H12N6O4S. The fraction of sp³-hybridized carbons (Fsp3) is 0.200. The van der Waals surface area contributed by atoms with E-state index in [1.54, 1.807) is 0 Å². The Morgan fingerprint density at radius 1 is 1.38 bits per heavy atom. The Hall–Kier alpha value is -2.69. The van der Waals surface area contributed by atoms with Crippen LogP contribution in [0.3, 0.4) is 0 Å². The first-order valence-corrected chi connectivity index (χ1v) is 7.16. The molecule has 2 rings (SSSR count). The highest BCUT2D eigenvalue weighted by Gasteiger charge is 2.22. The first-order valence-electron chi connectivity index (χ1n) is 5.68. The Kier molecular flexibility index (Phi) is 3.76. The first-order chi connectivity index (χ1) is 9.85. The smallest absolute Gasteiger partial charge is 0.271 e. The normalized spacial score (nSPS) is 11.1. The van der Waals surface area contributed by atoms with Gasteiger partial charge in [0.2, 0.25) is 5.95 Å². The standard InChI is InChI=1S/C10H12N6O4S/c1-11-8-5-7(16(17)18)3-4-9(8)21(19,20)14-10-12-6-13-15(10)2/h3-6,11H,1-2H3,(H,12,13,14). The largest absolute Gasteiger partial charge is 0.387 e. The highest BCUT2D eigenvalue weighted by molar-refractivity contribution is 7.92. The predicted molar refractivity (Wildman–Crippen MR) is 74.5 cm³/mol. The van der Waals surface area contributed by atoms with E-state index in [-0.39, 0.29) is 22.2 Å². The number of nitro groups is 1. The van der Waals surface area contributed by atoms with Crippen LogP contribution in [0, 0.1) is 10.1 Å². The Balaban J connectivity index is 2.45. The summed E-state index contributed by atoms with van der Waals surface area (Å²) in [6.45, 7) is 0. The van der Waals surface area contributed by atoms with Crippen molar-refractivity contribution >= 4 is 27.3 Å². The summed E-state index contributed by atoms with van der Waals surface area (Å²) in [7, 11) is -0.949. The Morgan fingerprint density at radius 2 is 2.10 bits per heavy atom. The van der Waals surface area contributed by atoms with E-state index in [0.29, 0.717) is 0 Å². The quantitative estimate of drug-likeness (QED) is 0.609. The van der Waals surface area contributed by atoms with E-state index < -0.39 is 14.9 Å². The summed E-state index contributed by atoms with van der Waals surface area (Å²) in [5, 5.41) is 17.1. The second kappa shape index (κ2) is 5.36. The topological polar surface area (TPSA) is 132 Å². The number of aromatic nitrogens is 3. The minimum Gasteiger partial charge on any atom is -0.387 e. The number of nitrogens with zero attached hydrogens (tertiary/aromatic N) is 4. The van der Waals surface area contributed by atoms with E-state index in [4.69, 9.17) is 0 Å². The third kappa shape index (κ3) is 2.91. The molecule has 0 unspecified atom stereocenters. The molecule has 0 aliphatic heterocycles. The summed E-state index contributed by atoms with van der Waals surface area (Å²) in [6.07, 6.45) is 1.20. The molecule has 10 nitrogen and oxygen atoms in total. The van der Waals surface area contributed by atoms with Crippen molar-refractivity contribution in [3.8, 4) is 0 Å². The lowest BCUT2D eigenvalue weighted by molar-refractivity contribution is -0.384. The van der Waals surface area contributed by atoms with E-state index in [1.165, 1.54) is 25.1 Å². The number of aryl methyl sites for hydroxylation is 1. The van der Waals surface area contributed by atoms with Crippen LogP contribution in [0.5, 0.6) is 0 Å².